The molecule has 0 spiro atoms. The van der Waals surface area contributed by atoms with Crippen molar-refractivity contribution in [3.63, 3.8) is 0 Å². The number of nitrogens with one attached hydrogen (secondary N) is 1. The number of alkyl halides is 3. The summed E-state index contributed by atoms with van der Waals surface area (Å²) in [5, 5.41) is 9.73. The molecule has 0 amide bonds. The van der Waals surface area contributed by atoms with Crippen molar-refractivity contribution < 1.29 is 27.2 Å². The first kappa shape index (κ1) is 24.8. The lowest BCUT2D eigenvalue weighted by molar-refractivity contribution is -0.159. The van der Waals surface area contributed by atoms with Gasteiger partial charge in [0.05, 0.1) is 22.0 Å². The van der Waals surface area contributed by atoms with Crippen molar-refractivity contribution in [1.82, 2.24) is 20.4 Å². The van der Waals surface area contributed by atoms with Crippen molar-refractivity contribution >= 4 is 28.5 Å². The van der Waals surface area contributed by atoms with Gasteiger partial charge in [0.25, 0.3) is 0 Å². The maximum absolute atomic E-state index is 12.8. The first-order chi connectivity index (χ1) is 17.3. The van der Waals surface area contributed by atoms with Crippen LogP contribution in [-0.4, -0.2) is 47.2 Å². The molecule has 0 unspecified atom stereocenters. The Morgan fingerprint density at radius 3 is 2.58 bits per heavy atom. The summed E-state index contributed by atoms with van der Waals surface area (Å²) in [6, 6.07) is 13.1. The van der Waals surface area contributed by atoms with Crippen LogP contribution < -0.4 is 5.32 Å². The number of rotatable bonds is 8. The molecule has 4 aromatic rings. The van der Waals surface area contributed by atoms with Gasteiger partial charge in [-0.1, -0.05) is 35.5 Å². The molecule has 3 aromatic heterocycles. The number of aromatic nitrogens is 3. The summed E-state index contributed by atoms with van der Waals surface area (Å²) in [5.74, 6) is -1.78. The van der Waals surface area contributed by atoms with Crippen LogP contribution in [0.5, 0.6) is 0 Å². The van der Waals surface area contributed by atoms with E-state index in [-0.39, 0.29) is 23.6 Å². The van der Waals surface area contributed by atoms with Crippen LogP contribution in [0.1, 0.15) is 33.4 Å². The molecule has 12 heteroatoms. The topological polar surface area (TPSA) is 90.1 Å². The van der Waals surface area contributed by atoms with Crippen molar-refractivity contribution in [2.75, 3.05) is 26.3 Å². The lowest BCUT2D eigenvalue weighted by atomic mass is 9.80. The number of ether oxygens (including phenoxy) is 1. The van der Waals surface area contributed by atoms with Crippen molar-refractivity contribution in [3.8, 4) is 22.0 Å². The van der Waals surface area contributed by atoms with Crippen LogP contribution in [0.2, 0.25) is 0 Å². The minimum absolute atomic E-state index is 0.0829. The monoisotopic (exact) mass is 534 g/mol. The number of hydrogen-bond donors (Lipinski definition) is 1. The first-order valence-corrected chi connectivity index (χ1v) is 12.9. The van der Waals surface area contributed by atoms with Gasteiger partial charge in [-0.3, -0.25) is 4.79 Å². The molecule has 1 aliphatic rings. The Morgan fingerprint density at radius 1 is 1.08 bits per heavy atom. The normalized spacial score (nSPS) is 15.8. The van der Waals surface area contributed by atoms with E-state index < -0.39 is 12.1 Å². The lowest BCUT2D eigenvalue weighted by Crippen LogP contribution is -2.44. The van der Waals surface area contributed by atoms with Crippen LogP contribution in [0.15, 0.2) is 52.4 Å². The molecular weight excluding hydrogens is 513 g/mol. The number of hydrogen-bond acceptors (Lipinski definition) is 9. The summed E-state index contributed by atoms with van der Waals surface area (Å²) < 4.78 is 48.0. The maximum Gasteiger partial charge on any atom is 0.471 e. The van der Waals surface area contributed by atoms with E-state index in [1.54, 1.807) is 17.4 Å². The van der Waals surface area contributed by atoms with E-state index in [0.717, 1.165) is 40.4 Å². The molecule has 0 atom stereocenters. The molecule has 1 aliphatic heterocycles. The third-order valence-corrected chi connectivity index (χ3v) is 8.21. The van der Waals surface area contributed by atoms with Gasteiger partial charge >= 0.3 is 12.1 Å². The highest BCUT2D eigenvalue weighted by molar-refractivity contribution is 7.17. The van der Waals surface area contributed by atoms with Crippen molar-refractivity contribution in [2.45, 2.75) is 24.4 Å². The molecule has 0 bridgehead atoms. The molecular formula is C24H21F3N4O3S2. The second-order valence-electron chi connectivity index (χ2n) is 8.41. The summed E-state index contributed by atoms with van der Waals surface area (Å²) >= 11 is 2.65. The van der Waals surface area contributed by atoms with Gasteiger partial charge in [0.1, 0.15) is 5.01 Å². The van der Waals surface area contributed by atoms with Crippen molar-refractivity contribution in [1.29, 1.82) is 0 Å². The molecule has 36 heavy (non-hydrogen) atoms. The average molecular weight is 535 g/mol. The molecule has 0 saturated carbocycles. The zero-order valence-electron chi connectivity index (χ0n) is 18.9. The maximum atomic E-state index is 12.8. The van der Waals surface area contributed by atoms with E-state index in [2.05, 4.69) is 25.4 Å². The fraction of sp³-hybridized carbons (Fsp3) is 0.333. The highest BCUT2D eigenvalue weighted by Gasteiger charge is 2.39. The van der Waals surface area contributed by atoms with Gasteiger partial charge in [0.2, 0.25) is 5.82 Å². The standard InChI is InChI=1S/C24H21F3N4O3S2/c25-24(26,27)21-30-20(31-34-21)19-7-6-18(36-19)17(32)12-28-14-23(8-10-33-11-9-23)22-29-16(13-35-22)15-4-2-1-3-5-15/h1-7,13,28H,8-12,14H2. The zero-order valence-corrected chi connectivity index (χ0v) is 20.5. The summed E-state index contributed by atoms with van der Waals surface area (Å²) in [7, 11) is 0. The molecule has 1 saturated heterocycles. The van der Waals surface area contributed by atoms with Gasteiger partial charge in [0.15, 0.2) is 5.78 Å². The molecule has 1 N–H and O–H groups in total. The molecule has 4 heterocycles. The Balaban J connectivity index is 1.25. The summed E-state index contributed by atoms with van der Waals surface area (Å²) in [5.41, 5.74) is 1.75. The minimum Gasteiger partial charge on any atom is -0.381 e. The smallest absolute Gasteiger partial charge is 0.381 e. The van der Waals surface area contributed by atoms with Crippen LogP contribution in [0, 0.1) is 0 Å². The predicted molar refractivity (Wildman–Crippen MR) is 129 cm³/mol. The number of nitrogens with zero attached hydrogens (tertiary/aromatic N) is 3. The third-order valence-electron chi connectivity index (χ3n) is 6.00. The van der Waals surface area contributed by atoms with E-state index in [4.69, 9.17) is 9.72 Å². The SMILES string of the molecule is O=C(CNCC1(c2nc(-c3ccccc3)cs2)CCOCC1)c1ccc(-c2noc(C(F)(F)F)n2)s1. The van der Waals surface area contributed by atoms with Crippen LogP contribution in [0.25, 0.3) is 22.0 Å². The van der Waals surface area contributed by atoms with Gasteiger partial charge < -0.3 is 14.6 Å². The Labute approximate surface area is 212 Å². The van der Waals surface area contributed by atoms with E-state index in [1.165, 1.54) is 6.07 Å². The number of halogens is 3. The second-order valence-corrected chi connectivity index (χ2v) is 10.4. The Kier molecular flexibility index (Phi) is 7.02. The first-order valence-electron chi connectivity index (χ1n) is 11.2. The Bertz CT molecular complexity index is 1330. The summed E-state index contributed by atoms with van der Waals surface area (Å²) in [6.45, 7) is 1.88. The predicted octanol–water partition coefficient (Wildman–Crippen LogP) is 5.46. The molecule has 5 rings (SSSR count). The van der Waals surface area contributed by atoms with Crippen LogP contribution >= 0.6 is 22.7 Å². The largest absolute Gasteiger partial charge is 0.471 e. The molecule has 1 aromatic carbocycles. The number of carbonyl (C=O) groups excluding carboxylic acids is 1. The van der Waals surface area contributed by atoms with Gasteiger partial charge in [-0.2, -0.15) is 18.2 Å². The van der Waals surface area contributed by atoms with Crippen molar-refractivity contribution in [2.24, 2.45) is 0 Å². The Morgan fingerprint density at radius 2 is 1.86 bits per heavy atom. The molecule has 0 radical (unpaired) electrons. The van der Waals surface area contributed by atoms with Gasteiger partial charge in [-0.05, 0) is 25.0 Å². The summed E-state index contributed by atoms with van der Waals surface area (Å²) in [4.78, 5) is 21.8. The third kappa shape index (κ3) is 5.26. The van der Waals surface area contributed by atoms with Gasteiger partial charge in [0, 0.05) is 36.1 Å². The van der Waals surface area contributed by atoms with Crippen molar-refractivity contribution in [3.05, 3.63) is 63.6 Å². The Hall–Kier alpha value is -2.93. The van der Waals surface area contributed by atoms with E-state index >= 15 is 0 Å². The highest BCUT2D eigenvalue weighted by Crippen LogP contribution is 2.38. The second kappa shape index (κ2) is 10.2. The summed E-state index contributed by atoms with van der Waals surface area (Å²) in [6.07, 6.45) is -3.14. The number of thiophene rings is 1. The molecule has 188 valence electrons. The number of Topliss-reactive ketones (excluding diaryl/α,β-unsaturated/α-hetero) is 1. The number of ketones is 1. The zero-order chi connectivity index (χ0) is 25.2. The van der Waals surface area contributed by atoms with Crippen LogP contribution in [0.3, 0.4) is 0 Å². The number of benzene rings is 1. The van der Waals surface area contributed by atoms with Crippen LogP contribution in [0.4, 0.5) is 13.2 Å². The minimum atomic E-state index is -4.72. The highest BCUT2D eigenvalue weighted by atomic mass is 32.1. The van der Waals surface area contributed by atoms with Crippen LogP contribution in [-0.2, 0) is 16.3 Å². The molecule has 1 fully saturated rings. The quantitative estimate of drug-likeness (QED) is 0.300. The lowest BCUT2D eigenvalue weighted by Gasteiger charge is -2.35. The van der Waals surface area contributed by atoms with Gasteiger partial charge in [-0.25, -0.2) is 4.98 Å². The molecule has 7 nitrogen and oxygen atoms in total. The average Bonchev–Trinajstić information content (AvgIpc) is 3.65. The van der Waals surface area contributed by atoms with E-state index in [1.807, 2.05) is 30.3 Å². The molecule has 0 aliphatic carbocycles. The fourth-order valence-corrected chi connectivity index (χ4v) is 5.99. The number of thiazole rings is 1. The van der Waals surface area contributed by atoms with Gasteiger partial charge in [-0.15, -0.1) is 22.7 Å². The number of carbonyl (C=O) groups is 1. The van der Waals surface area contributed by atoms with E-state index in [0.29, 0.717) is 29.5 Å². The van der Waals surface area contributed by atoms with E-state index in [9.17, 15) is 18.0 Å². The fourth-order valence-electron chi connectivity index (χ4n) is 4.04.